The summed E-state index contributed by atoms with van der Waals surface area (Å²) in [6, 6.07) is 0.228. The molecule has 0 saturated carbocycles. The van der Waals surface area contributed by atoms with Crippen LogP contribution in [0.3, 0.4) is 0 Å². The number of likely N-dealkylation sites (N-methyl/N-ethyl adjacent to an activating group) is 1. The van der Waals surface area contributed by atoms with Crippen LogP contribution >= 0.6 is 0 Å². The van der Waals surface area contributed by atoms with Gasteiger partial charge in [-0.1, -0.05) is 13.8 Å². The second-order valence-corrected chi connectivity index (χ2v) is 3.97. The van der Waals surface area contributed by atoms with Gasteiger partial charge in [0, 0.05) is 13.1 Å². The molecule has 0 aliphatic carbocycles. The minimum Gasteiger partial charge on any atom is -0.467 e. The number of nitrogens with one attached hydrogen (secondary N) is 2. The van der Waals surface area contributed by atoms with Crippen LogP contribution < -0.4 is 21.3 Å². The Bertz CT molecular complexity index is 352. The van der Waals surface area contributed by atoms with Gasteiger partial charge in [0.25, 0.3) is 0 Å². The summed E-state index contributed by atoms with van der Waals surface area (Å²) in [6.45, 7) is 8.14. The zero-order chi connectivity index (χ0) is 14.1. The molecule has 1 rings (SSSR count). The second kappa shape index (κ2) is 8.44. The third-order valence-corrected chi connectivity index (χ3v) is 2.62. The summed E-state index contributed by atoms with van der Waals surface area (Å²) in [5.41, 5.74) is 2.38. The Morgan fingerprint density at radius 3 is 2.47 bits per heavy atom. The van der Waals surface area contributed by atoms with Crippen LogP contribution in [0.4, 0.5) is 11.9 Å². The normalized spacial score (nSPS) is 10.6. The molecule has 8 heteroatoms. The highest BCUT2D eigenvalue weighted by Crippen LogP contribution is 2.09. The predicted octanol–water partition coefficient (Wildman–Crippen LogP) is 0.310. The first-order valence-electron chi connectivity index (χ1n) is 6.46. The zero-order valence-electron chi connectivity index (χ0n) is 11.8. The van der Waals surface area contributed by atoms with Crippen molar-refractivity contribution in [3.8, 4) is 6.01 Å². The first-order valence-corrected chi connectivity index (χ1v) is 6.46. The zero-order valence-corrected chi connectivity index (χ0v) is 11.8. The van der Waals surface area contributed by atoms with Crippen molar-refractivity contribution in [2.45, 2.75) is 20.3 Å². The maximum absolute atomic E-state index is 5.29. The topological polar surface area (TPSA) is 101 Å². The Labute approximate surface area is 113 Å². The standard InChI is InChI=1S/C11H23N7O/c1-4-7-18(5-2)8-6-13-9-14-10(17-12)16-11(15-9)19-3/h4-8,12H2,1-3H3,(H2,13,14,15,16,17). The molecule has 0 atom stereocenters. The van der Waals surface area contributed by atoms with Gasteiger partial charge in [0.15, 0.2) is 0 Å². The molecule has 1 aromatic rings. The molecule has 0 radical (unpaired) electrons. The van der Waals surface area contributed by atoms with Gasteiger partial charge in [0.05, 0.1) is 7.11 Å². The smallest absolute Gasteiger partial charge is 0.322 e. The van der Waals surface area contributed by atoms with E-state index in [1.54, 1.807) is 0 Å². The maximum atomic E-state index is 5.29. The summed E-state index contributed by atoms with van der Waals surface area (Å²) >= 11 is 0. The summed E-state index contributed by atoms with van der Waals surface area (Å²) in [4.78, 5) is 14.5. The Morgan fingerprint density at radius 1 is 1.16 bits per heavy atom. The van der Waals surface area contributed by atoms with E-state index >= 15 is 0 Å². The van der Waals surface area contributed by atoms with E-state index in [0.29, 0.717) is 5.95 Å². The summed E-state index contributed by atoms with van der Waals surface area (Å²) in [5.74, 6) is 6.01. The Kier molecular flexibility index (Phi) is 6.83. The fraction of sp³-hybridized carbons (Fsp3) is 0.727. The van der Waals surface area contributed by atoms with Crippen LogP contribution in [-0.4, -0.2) is 53.1 Å². The van der Waals surface area contributed by atoms with Crippen LogP contribution in [0.1, 0.15) is 20.3 Å². The van der Waals surface area contributed by atoms with E-state index < -0.39 is 0 Å². The van der Waals surface area contributed by atoms with Crippen molar-refractivity contribution >= 4 is 11.9 Å². The van der Waals surface area contributed by atoms with Crippen LogP contribution in [0.15, 0.2) is 0 Å². The molecule has 0 unspecified atom stereocenters. The number of aromatic nitrogens is 3. The number of methoxy groups -OCH3 is 1. The fourth-order valence-corrected chi connectivity index (χ4v) is 1.66. The van der Waals surface area contributed by atoms with E-state index in [0.717, 1.165) is 32.6 Å². The lowest BCUT2D eigenvalue weighted by Gasteiger charge is -2.19. The van der Waals surface area contributed by atoms with Gasteiger partial charge in [-0.25, -0.2) is 5.84 Å². The molecule has 8 nitrogen and oxygen atoms in total. The van der Waals surface area contributed by atoms with Crippen molar-refractivity contribution in [1.82, 2.24) is 19.9 Å². The molecule has 0 amide bonds. The van der Waals surface area contributed by atoms with Crippen molar-refractivity contribution in [3.05, 3.63) is 0 Å². The van der Waals surface area contributed by atoms with Gasteiger partial charge < -0.3 is 15.0 Å². The molecule has 1 aromatic heterocycles. The van der Waals surface area contributed by atoms with Gasteiger partial charge in [-0.3, -0.25) is 5.43 Å². The summed E-state index contributed by atoms with van der Waals surface area (Å²) in [6.07, 6.45) is 1.15. The highest BCUT2D eigenvalue weighted by Gasteiger charge is 2.06. The number of ether oxygens (including phenoxy) is 1. The van der Waals surface area contributed by atoms with Gasteiger partial charge in [0.2, 0.25) is 11.9 Å². The molecule has 4 N–H and O–H groups in total. The average Bonchev–Trinajstić information content (AvgIpc) is 2.45. The number of anilines is 2. The van der Waals surface area contributed by atoms with E-state index in [1.807, 2.05) is 0 Å². The van der Waals surface area contributed by atoms with Gasteiger partial charge in [-0.15, -0.1) is 0 Å². The molecular weight excluding hydrogens is 246 g/mol. The molecule has 0 spiro atoms. The van der Waals surface area contributed by atoms with E-state index in [1.165, 1.54) is 7.11 Å². The SMILES string of the molecule is CCCN(CC)CCNc1nc(NN)nc(OC)n1. The van der Waals surface area contributed by atoms with E-state index in [-0.39, 0.29) is 12.0 Å². The quantitative estimate of drug-likeness (QED) is 0.435. The Hall–Kier alpha value is -1.67. The molecule has 0 aliphatic heterocycles. The molecule has 0 fully saturated rings. The van der Waals surface area contributed by atoms with Gasteiger partial charge in [0.1, 0.15) is 0 Å². The van der Waals surface area contributed by atoms with Crippen LogP contribution in [0.2, 0.25) is 0 Å². The van der Waals surface area contributed by atoms with Crippen molar-refractivity contribution in [3.63, 3.8) is 0 Å². The highest BCUT2D eigenvalue weighted by atomic mass is 16.5. The Balaban J connectivity index is 2.52. The molecule has 0 saturated heterocycles. The van der Waals surface area contributed by atoms with Crippen molar-refractivity contribution in [2.24, 2.45) is 5.84 Å². The predicted molar refractivity (Wildman–Crippen MR) is 75.1 cm³/mol. The Morgan fingerprint density at radius 2 is 1.89 bits per heavy atom. The molecule has 19 heavy (non-hydrogen) atoms. The van der Waals surface area contributed by atoms with Crippen molar-refractivity contribution < 1.29 is 4.74 Å². The lowest BCUT2D eigenvalue weighted by molar-refractivity contribution is 0.299. The maximum Gasteiger partial charge on any atom is 0.322 e. The number of rotatable bonds is 9. The second-order valence-electron chi connectivity index (χ2n) is 3.97. The monoisotopic (exact) mass is 269 g/mol. The number of hydrazine groups is 1. The van der Waals surface area contributed by atoms with Crippen LogP contribution in [0.25, 0.3) is 0 Å². The van der Waals surface area contributed by atoms with Crippen LogP contribution in [0.5, 0.6) is 6.01 Å². The summed E-state index contributed by atoms with van der Waals surface area (Å²) < 4.78 is 4.98. The minimum atomic E-state index is 0.228. The average molecular weight is 269 g/mol. The number of hydrogen-bond donors (Lipinski definition) is 3. The molecule has 108 valence electrons. The van der Waals surface area contributed by atoms with Gasteiger partial charge in [-0.05, 0) is 19.5 Å². The summed E-state index contributed by atoms with van der Waals surface area (Å²) in [5, 5.41) is 3.14. The number of hydrogen-bond acceptors (Lipinski definition) is 8. The number of nitrogen functional groups attached to an aromatic ring is 1. The van der Waals surface area contributed by atoms with E-state index in [9.17, 15) is 0 Å². The van der Waals surface area contributed by atoms with Gasteiger partial charge in [-0.2, -0.15) is 15.0 Å². The molecule has 0 bridgehead atoms. The van der Waals surface area contributed by atoms with E-state index in [2.05, 4.69) is 44.4 Å². The third kappa shape index (κ3) is 5.23. The fourth-order valence-electron chi connectivity index (χ4n) is 1.66. The number of nitrogens with two attached hydrogens (primary N) is 1. The van der Waals surface area contributed by atoms with E-state index in [4.69, 9.17) is 10.6 Å². The van der Waals surface area contributed by atoms with Crippen LogP contribution in [0, 0.1) is 0 Å². The van der Waals surface area contributed by atoms with Crippen molar-refractivity contribution in [2.75, 3.05) is 44.0 Å². The molecule has 0 aromatic carbocycles. The number of nitrogens with zero attached hydrogens (tertiary/aromatic N) is 4. The molecule has 0 aliphatic rings. The van der Waals surface area contributed by atoms with Gasteiger partial charge >= 0.3 is 6.01 Å². The third-order valence-electron chi connectivity index (χ3n) is 2.62. The first-order chi connectivity index (χ1) is 9.23. The van der Waals surface area contributed by atoms with Crippen LogP contribution in [-0.2, 0) is 0 Å². The molecule has 1 heterocycles. The minimum absolute atomic E-state index is 0.228. The van der Waals surface area contributed by atoms with Crippen molar-refractivity contribution in [1.29, 1.82) is 0 Å². The highest BCUT2D eigenvalue weighted by molar-refractivity contribution is 5.34. The summed E-state index contributed by atoms with van der Waals surface area (Å²) in [7, 11) is 1.50. The largest absolute Gasteiger partial charge is 0.467 e. The first kappa shape index (κ1) is 15.4. The lowest BCUT2D eigenvalue weighted by Crippen LogP contribution is -2.30. The lowest BCUT2D eigenvalue weighted by atomic mass is 10.4. The molecular formula is C11H23N7O.